The second kappa shape index (κ2) is 3.56. The number of hydrogen-bond donors (Lipinski definition) is 0. The topological polar surface area (TPSA) is 0 Å². The number of hydrogen-bond acceptors (Lipinski definition) is 0. The highest BCUT2D eigenvalue weighted by atomic mass is 79.9. The normalized spacial score (nSPS) is 33.2. The molecule has 0 heterocycles. The van der Waals surface area contributed by atoms with Crippen molar-refractivity contribution < 1.29 is 0 Å². The predicted molar refractivity (Wildman–Crippen MR) is 49.4 cm³/mol. The molecule has 0 aromatic rings. The molecule has 0 aliphatic heterocycles. The molecule has 1 heteroatoms. The Balaban J connectivity index is 2.45. The molecule has 0 radical (unpaired) electrons. The van der Waals surface area contributed by atoms with Crippen LogP contribution in [0.1, 0.15) is 26.7 Å². The minimum absolute atomic E-state index is 0.641. The lowest BCUT2D eigenvalue weighted by Crippen LogP contribution is -2.12. The van der Waals surface area contributed by atoms with Gasteiger partial charge in [-0.15, -0.1) is 0 Å². The first-order valence-electron chi connectivity index (χ1n) is 4.02. The smallest absolute Gasteiger partial charge is 0.0325 e. The Bertz CT molecular complexity index is 127. The van der Waals surface area contributed by atoms with Crippen molar-refractivity contribution in [1.29, 1.82) is 0 Å². The first-order chi connectivity index (χ1) is 4.70. The minimum Gasteiger partial charge on any atom is -0.0845 e. The molecule has 58 valence electrons. The fourth-order valence-corrected chi connectivity index (χ4v) is 1.80. The van der Waals surface area contributed by atoms with Gasteiger partial charge in [0, 0.05) is 4.83 Å². The fourth-order valence-electron chi connectivity index (χ4n) is 1.36. The molecule has 0 fully saturated rings. The third-order valence-corrected chi connectivity index (χ3v) is 2.96. The van der Waals surface area contributed by atoms with Gasteiger partial charge in [-0.2, -0.15) is 0 Å². The van der Waals surface area contributed by atoms with Crippen molar-refractivity contribution in [3.63, 3.8) is 0 Å². The predicted octanol–water partition coefficient (Wildman–Crippen LogP) is 3.37. The highest BCUT2D eigenvalue weighted by molar-refractivity contribution is 9.09. The molecule has 0 N–H and O–H groups in total. The quantitative estimate of drug-likeness (QED) is 0.452. The largest absolute Gasteiger partial charge is 0.0845 e. The lowest BCUT2D eigenvalue weighted by Gasteiger charge is -2.22. The lowest BCUT2D eigenvalue weighted by atomic mass is 9.87. The summed E-state index contributed by atoms with van der Waals surface area (Å²) in [5.74, 6) is 1.64. The third-order valence-electron chi connectivity index (χ3n) is 2.20. The van der Waals surface area contributed by atoms with Crippen LogP contribution in [-0.2, 0) is 0 Å². The summed E-state index contributed by atoms with van der Waals surface area (Å²) in [6, 6.07) is 0. The standard InChI is InChI=1S/C9H15Br/c1-7(2)8-3-5-9(10)6-4-8/h3,5,7-9H,4,6H2,1-2H3. The maximum atomic E-state index is 3.58. The Morgan fingerprint density at radius 2 is 2.00 bits per heavy atom. The summed E-state index contributed by atoms with van der Waals surface area (Å²) >= 11 is 3.58. The monoisotopic (exact) mass is 202 g/mol. The van der Waals surface area contributed by atoms with Crippen molar-refractivity contribution in [1.82, 2.24) is 0 Å². The van der Waals surface area contributed by atoms with E-state index in [1.54, 1.807) is 0 Å². The summed E-state index contributed by atoms with van der Waals surface area (Å²) < 4.78 is 0. The molecule has 0 saturated carbocycles. The Morgan fingerprint density at radius 1 is 1.30 bits per heavy atom. The van der Waals surface area contributed by atoms with E-state index in [0.29, 0.717) is 4.83 Å². The Kier molecular flexibility index (Phi) is 2.96. The van der Waals surface area contributed by atoms with Gasteiger partial charge in [-0.05, 0) is 24.7 Å². The molecular formula is C9H15Br. The van der Waals surface area contributed by atoms with Crippen molar-refractivity contribution in [3.05, 3.63) is 12.2 Å². The average Bonchev–Trinajstić information content (AvgIpc) is 1.88. The van der Waals surface area contributed by atoms with E-state index in [9.17, 15) is 0 Å². The van der Waals surface area contributed by atoms with E-state index in [4.69, 9.17) is 0 Å². The van der Waals surface area contributed by atoms with E-state index in [0.717, 1.165) is 11.8 Å². The zero-order chi connectivity index (χ0) is 7.56. The summed E-state index contributed by atoms with van der Waals surface area (Å²) in [5, 5.41) is 0. The van der Waals surface area contributed by atoms with Gasteiger partial charge < -0.3 is 0 Å². The van der Waals surface area contributed by atoms with Crippen LogP contribution in [0.4, 0.5) is 0 Å². The SMILES string of the molecule is CC(C)C1C=CC(Br)CC1. The molecule has 0 saturated heterocycles. The maximum Gasteiger partial charge on any atom is 0.0325 e. The van der Waals surface area contributed by atoms with E-state index in [2.05, 4.69) is 41.9 Å². The first-order valence-corrected chi connectivity index (χ1v) is 4.94. The van der Waals surface area contributed by atoms with Crippen molar-refractivity contribution >= 4 is 15.9 Å². The number of rotatable bonds is 1. The molecule has 0 aromatic heterocycles. The van der Waals surface area contributed by atoms with Gasteiger partial charge in [0.2, 0.25) is 0 Å². The molecule has 1 rings (SSSR count). The lowest BCUT2D eigenvalue weighted by molar-refractivity contribution is 0.416. The highest BCUT2D eigenvalue weighted by Crippen LogP contribution is 2.27. The number of allylic oxidation sites excluding steroid dienone is 2. The molecule has 1 aliphatic rings. The zero-order valence-corrected chi connectivity index (χ0v) is 8.26. The molecule has 0 bridgehead atoms. The van der Waals surface area contributed by atoms with Crippen molar-refractivity contribution in [2.45, 2.75) is 31.5 Å². The summed E-state index contributed by atoms with van der Waals surface area (Å²) in [7, 11) is 0. The van der Waals surface area contributed by atoms with Gasteiger partial charge in [0.15, 0.2) is 0 Å². The van der Waals surface area contributed by atoms with Gasteiger partial charge in [-0.25, -0.2) is 0 Å². The Labute approximate surface area is 71.8 Å². The van der Waals surface area contributed by atoms with E-state index in [1.165, 1.54) is 12.8 Å². The van der Waals surface area contributed by atoms with Crippen LogP contribution in [0.25, 0.3) is 0 Å². The van der Waals surface area contributed by atoms with Crippen LogP contribution in [-0.4, -0.2) is 4.83 Å². The summed E-state index contributed by atoms with van der Waals surface area (Å²) in [4.78, 5) is 0.641. The Hall–Kier alpha value is 0.220. The van der Waals surface area contributed by atoms with Gasteiger partial charge >= 0.3 is 0 Å². The van der Waals surface area contributed by atoms with E-state index in [1.807, 2.05) is 0 Å². The maximum absolute atomic E-state index is 3.58. The van der Waals surface area contributed by atoms with Gasteiger partial charge in [-0.1, -0.05) is 41.9 Å². The average molecular weight is 203 g/mol. The van der Waals surface area contributed by atoms with Crippen LogP contribution in [0.5, 0.6) is 0 Å². The summed E-state index contributed by atoms with van der Waals surface area (Å²) in [6.45, 7) is 4.59. The van der Waals surface area contributed by atoms with Crippen molar-refractivity contribution in [2.24, 2.45) is 11.8 Å². The van der Waals surface area contributed by atoms with Crippen LogP contribution in [0.3, 0.4) is 0 Å². The zero-order valence-electron chi connectivity index (χ0n) is 6.68. The van der Waals surface area contributed by atoms with Crippen LogP contribution >= 0.6 is 15.9 Å². The molecule has 10 heavy (non-hydrogen) atoms. The molecule has 2 atom stereocenters. The van der Waals surface area contributed by atoms with Gasteiger partial charge in [-0.3, -0.25) is 0 Å². The third kappa shape index (κ3) is 2.12. The van der Waals surface area contributed by atoms with Crippen LogP contribution in [0, 0.1) is 11.8 Å². The van der Waals surface area contributed by atoms with Crippen LogP contribution in [0.15, 0.2) is 12.2 Å². The summed E-state index contributed by atoms with van der Waals surface area (Å²) in [6.07, 6.45) is 7.30. The van der Waals surface area contributed by atoms with Crippen LogP contribution < -0.4 is 0 Å². The second-order valence-corrected chi connectivity index (χ2v) is 4.56. The van der Waals surface area contributed by atoms with Crippen LogP contribution in [0.2, 0.25) is 0 Å². The molecule has 0 amide bonds. The second-order valence-electron chi connectivity index (χ2n) is 3.39. The molecule has 0 spiro atoms. The molecule has 0 nitrogen and oxygen atoms in total. The minimum atomic E-state index is 0.641. The number of alkyl halides is 1. The molecular weight excluding hydrogens is 188 g/mol. The highest BCUT2D eigenvalue weighted by Gasteiger charge is 2.15. The van der Waals surface area contributed by atoms with E-state index < -0.39 is 0 Å². The van der Waals surface area contributed by atoms with Gasteiger partial charge in [0.1, 0.15) is 0 Å². The van der Waals surface area contributed by atoms with Crippen molar-refractivity contribution in [3.8, 4) is 0 Å². The van der Waals surface area contributed by atoms with E-state index in [-0.39, 0.29) is 0 Å². The number of halogens is 1. The summed E-state index contributed by atoms with van der Waals surface area (Å²) in [5.41, 5.74) is 0. The molecule has 1 aliphatic carbocycles. The first kappa shape index (κ1) is 8.32. The molecule has 0 aromatic carbocycles. The van der Waals surface area contributed by atoms with E-state index >= 15 is 0 Å². The van der Waals surface area contributed by atoms with Crippen molar-refractivity contribution in [2.75, 3.05) is 0 Å². The fraction of sp³-hybridized carbons (Fsp3) is 0.778. The van der Waals surface area contributed by atoms with Gasteiger partial charge in [0.25, 0.3) is 0 Å². The molecule has 2 unspecified atom stereocenters. The Morgan fingerprint density at radius 3 is 2.40 bits per heavy atom. The van der Waals surface area contributed by atoms with Gasteiger partial charge in [0.05, 0.1) is 0 Å².